The quantitative estimate of drug-likeness (QED) is 0.398. The molecule has 1 saturated heterocycles. The molecule has 0 amide bonds. The van der Waals surface area contributed by atoms with Crippen LogP contribution in [0.1, 0.15) is 33.6 Å². The molecule has 1 fully saturated rings. The number of hydrogen-bond donors (Lipinski definition) is 0. The van der Waals surface area contributed by atoms with Crippen LogP contribution in [0.2, 0.25) is 0 Å². The summed E-state index contributed by atoms with van der Waals surface area (Å²) in [6, 6.07) is 0. The molecule has 6 heteroatoms. The van der Waals surface area contributed by atoms with Gasteiger partial charge >= 0.3 is 6.48 Å². The van der Waals surface area contributed by atoms with E-state index < -0.39 is 12.3 Å². The molecule has 0 aromatic carbocycles. The Morgan fingerprint density at radius 1 is 1.38 bits per heavy atom. The Morgan fingerprint density at radius 3 is 2.62 bits per heavy atom. The molecule has 1 aliphatic rings. The fraction of sp³-hybridized carbons (Fsp3) is 0.900. The summed E-state index contributed by atoms with van der Waals surface area (Å²) in [5.74, 6) is -0.995. The van der Waals surface area contributed by atoms with Gasteiger partial charge < -0.3 is 9.57 Å². The highest BCUT2D eigenvalue weighted by Gasteiger charge is 2.47. The predicted octanol–water partition coefficient (Wildman–Crippen LogP) is 1.80. The SMILES string of the molecule is CCOC1OOC(CC)(/C(CC)=N/OC)O1. The molecule has 16 heavy (non-hydrogen) atoms. The zero-order chi connectivity index (χ0) is 12.0. The third-order valence-corrected chi connectivity index (χ3v) is 2.29. The summed E-state index contributed by atoms with van der Waals surface area (Å²) >= 11 is 0. The molecule has 0 saturated carbocycles. The summed E-state index contributed by atoms with van der Waals surface area (Å²) in [6.45, 7) is 5.38. The Hall–Kier alpha value is -0.690. The van der Waals surface area contributed by atoms with Gasteiger partial charge in [-0.2, -0.15) is 9.78 Å². The summed E-state index contributed by atoms with van der Waals surface area (Å²) in [5, 5.41) is 3.89. The van der Waals surface area contributed by atoms with Crippen molar-refractivity contribution in [1.29, 1.82) is 0 Å². The second-order valence-corrected chi connectivity index (χ2v) is 3.22. The first-order valence-electron chi connectivity index (χ1n) is 5.46. The summed E-state index contributed by atoms with van der Waals surface area (Å²) in [6.07, 6.45) is 1.20. The third-order valence-electron chi connectivity index (χ3n) is 2.29. The molecule has 0 aromatic rings. The zero-order valence-electron chi connectivity index (χ0n) is 10.2. The summed E-state index contributed by atoms with van der Waals surface area (Å²) < 4.78 is 10.7. The van der Waals surface area contributed by atoms with E-state index in [9.17, 15) is 0 Å². The molecule has 0 bridgehead atoms. The molecule has 1 rings (SSSR count). The van der Waals surface area contributed by atoms with Crippen LogP contribution in [0, 0.1) is 0 Å². The Kier molecular flexibility index (Phi) is 5.14. The van der Waals surface area contributed by atoms with Crippen molar-refractivity contribution in [2.45, 2.75) is 45.9 Å². The highest BCUT2D eigenvalue weighted by atomic mass is 17.3. The van der Waals surface area contributed by atoms with Crippen LogP contribution in [0.4, 0.5) is 0 Å². The molecule has 1 heterocycles. The molecule has 2 atom stereocenters. The molecule has 94 valence electrons. The Labute approximate surface area is 95.4 Å². The second-order valence-electron chi connectivity index (χ2n) is 3.22. The maximum atomic E-state index is 5.57. The van der Waals surface area contributed by atoms with Gasteiger partial charge in [-0.3, -0.25) is 4.74 Å². The lowest BCUT2D eigenvalue weighted by molar-refractivity contribution is -0.355. The lowest BCUT2D eigenvalue weighted by Gasteiger charge is -2.23. The normalized spacial score (nSPS) is 30.8. The topological polar surface area (TPSA) is 58.5 Å². The molecule has 0 spiro atoms. The van der Waals surface area contributed by atoms with E-state index in [1.54, 1.807) is 0 Å². The summed E-state index contributed by atoms with van der Waals surface area (Å²) in [7, 11) is 1.48. The molecule has 6 nitrogen and oxygen atoms in total. The Balaban J connectivity index is 2.75. The molecule has 0 aromatic heterocycles. The fourth-order valence-corrected chi connectivity index (χ4v) is 1.49. The van der Waals surface area contributed by atoms with Crippen LogP contribution in [0.25, 0.3) is 0 Å². The van der Waals surface area contributed by atoms with Crippen LogP contribution < -0.4 is 0 Å². The predicted molar refractivity (Wildman–Crippen MR) is 56.4 cm³/mol. The van der Waals surface area contributed by atoms with E-state index in [2.05, 4.69) is 5.16 Å². The maximum absolute atomic E-state index is 5.57. The van der Waals surface area contributed by atoms with Crippen LogP contribution in [0.3, 0.4) is 0 Å². The Morgan fingerprint density at radius 2 is 2.12 bits per heavy atom. The van der Waals surface area contributed by atoms with Crippen molar-refractivity contribution in [2.24, 2.45) is 5.16 Å². The lowest BCUT2D eigenvalue weighted by Crippen LogP contribution is -2.40. The van der Waals surface area contributed by atoms with Gasteiger partial charge in [0.2, 0.25) is 5.79 Å². The summed E-state index contributed by atoms with van der Waals surface area (Å²) in [5.41, 5.74) is 0.639. The van der Waals surface area contributed by atoms with E-state index in [-0.39, 0.29) is 0 Å². The molecular weight excluding hydrogens is 214 g/mol. The monoisotopic (exact) mass is 233 g/mol. The number of nitrogens with zero attached hydrogens (tertiary/aromatic N) is 1. The van der Waals surface area contributed by atoms with E-state index in [4.69, 9.17) is 24.1 Å². The van der Waals surface area contributed by atoms with Gasteiger partial charge in [-0.15, -0.1) is 0 Å². The van der Waals surface area contributed by atoms with Crippen LogP contribution in [-0.4, -0.2) is 31.7 Å². The average Bonchev–Trinajstić information content (AvgIpc) is 2.71. The Bertz CT molecular complexity index is 245. The number of rotatable bonds is 6. The van der Waals surface area contributed by atoms with E-state index in [1.807, 2.05) is 20.8 Å². The average molecular weight is 233 g/mol. The minimum Gasteiger partial charge on any atom is -0.399 e. The smallest absolute Gasteiger partial charge is 0.304 e. The first-order chi connectivity index (χ1) is 7.72. The maximum Gasteiger partial charge on any atom is 0.304 e. The van der Waals surface area contributed by atoms with Gasteiger partial charge in [-0.25, -0.2) is 0 Å². The van der Waals surface area contributed by atoms with Crippen molar-refractivity contribution < 1.29 is 24.1 Å². The number of hydrogen-bond acceptors (Lipinski definition) is 6. The third kappa shape index (κ3) is 2.70. The number of ether oxygens (including phenoxy) is 2. The van der Waals surface area contributed by atoms with E-state index in [0.29, 0.717) is 25.2 Å². The lowest BCUT2D eigenvalue weighted by atomic mass is 10.1. The van der Waals surface area contributed by atoms with Crippen LogP contribution >= 0.6 is 0 Å². The summed E-state index contributed by atoms with van der Waals surface area (Å²) in [4.78, 5) is 14.9. The van der Waals surface area contributed by atoms with E-state index in [1.165, 1.54) is 7.11 Å². The van der Waals surface area contributed by atoms with Crippen molar-refractivity contribution in [3.63, 3.8) is 0 Å². The van der Waals surface area contributed by atoms with Gasteiger partial charge in [0.15, 0.2) is 0 Å². The zero-order valence-corrected chi connectivity index (χ0v) is 10.2. The number of oxime groups is 1. The largest absolute Gasteiger partial charge is 0.399 e. The van der Waals surface area contributed by atoms with E-state index >= 15 is 0 Å². The van der Waals surface area contributed by atoms with Crippen molar-refractivity contribution in [3.8, 4) is 0 Å². The minimum absolute atomic E-state index is 0.483. The molecule has 1 aliphatic heterocycles. The van der Waals surface area contributed by atoms with Crippen LogP contribution in [0.15, 0.2) is 5.16 Å². The second kappa shape index (κ2) is 6.15. The van der Waals surface area contributed by atoms with Crippen LogP contribution in [0.5, 0.6) is 0 Å². The van der Waals surface area contributed by atoms with Gasteiger partial charge in [0, 0.05) is 13.0 Å². The van der Waals surface area contributed by atoms with Crippen molar-refractivity contribution >= 4 is 5.71 Å². The molecule has 2 unspecified atom stereocenters. The van der Waals surface area contributed by atoms with Gasteiger partial charge in [-0.1, -0.05) is 19.0 Å². The molecule has 0 aliphatic carbocycles. The molecule has 0 radical (unpaired) electrons. The minimum atomic E-state index is -0.995. The molecule has 0 N–H and O–H groups in total. The first-order valence-corrected chi connectivity index (χ1v) is 5.46. The van der Waals surface area contributed by atoms with Gasteiger partial charge in [-0.05, 0) is 13.3 Å². The van der Waals surface area contributed by atoms with Gasteiger partial charge in [0.05, 0.1) is 0 Å². The molecular formula is C10H19NO5. The van der Waals surface area contributed by atoms with Crippen molar-refractivity contribution in [3.05, 3.63) is 0 Å². The standard InChI is InChI=1S/C10H19NO5/c1-5-8(11-12-4)10(6-2)14-9(13-7-3)15-16-10/h9H,5-7H2,1-4H3/b11-8+. The van der Waals surface area contributed by atoms with E-state index in [0.717, 1.165) is 0 Å². The van der Waals surface area contributed by atoms with Crippen molar-refractivity contribution in [2.75, 3.05) is 13.7 Å². The highest BCUT2D eigenvalue weighted by Crippen LogP contribution is 2.31. The van der Waals surface area contributed by atoms with Gasteiger partial charge in [0.25, 0.3) is 0 Å². The van der Waals surface area contributed by atoms with Gasteiger partial charge in [0.1, 0.15) is 12.8 Å². The highest BCUT2D eigenvalue weighted by molar-refractivity contribution is 5.90. The van der Waals surface area contributed by atoms with Crippen molar-refractivity contribution in [1.82, 2.24) is 0 Å². The first kappa shape index (κ1) is 13.4. The fourth-order valence-electron chi connectivity index (χ4n) is 1.49. The van der Waals surface area contributed by atoms with Crippen LogP contribution in [-0.2, 0) is 24.1 Å².